The van der Waals surface area contributed by atoms with E-state index in [4.69, 9.17) is 16.0 Å². The van der Waals surface area contributed by atoms with Gasteiger partial charge in [-0.15, -0.1) is 0 Å². The molecule has 0 N–H and O–H groups in total. The monoisotopic (exact) mass is 197 g/mol. The summed E-state index contributed by atoms with van der Waals surface area (Å²) in [5, 5.41) is 0.479. The molecule has 4 heteroatoms. The number of benzene rings is 1. The number of aryl methyl sites for hydroxylation is 2. The van der Waals surface area contributed by atoms with Crippen LogP contribution < -0.4 is 5.76 Å². The van der Waals surface area contributed by atoms with Gasteiger partial charge >= 0.3 is 5.76 Å². The maximum absolute atomic E-state index is 11.1. The number of aromatic nitrogens is 1. The molecule has 0 spiro atoms. The van der Waals surface area contributed by atoms with E-state index in [2.05, 4.69) is 0 Å². The molecule has 3 nitrogen and oxygen atoms in total. The lowest BCUT2D eigenvalue weighted by molar-refractivity contribution is 0.528. The second-order valence-electron chi connectivity index (χ2n) is 3.02. The summed E-state index contributed by atoms with van der Waals surface area (Å²) in [6.07, 6.45) is 0. The Labute approximate surface area is 79.5 Å². The van der Waals surface area contributed by atoms with Crippen molar-refractivity contribution in [3.8, 4) is 0 Å². The molecule has 0 saturated carbocycles. The largest absolute Gasteiger partial charge is 0.419 e. The molecular formula is C9H8ClNO2. The highest BCUT2D eigenvalue weighted by molar-refractivity contribution is 6.34. The van der Waals surface area contributed by atoms with Crippen LogP contribution in [0.15, 0.2) is 21.3 Å². The van der Waals surface area contributed by atoms with E-state index in [1.54, 1.807) is 13.1 Å². The summed E-state index contributed by atoms with van der Waals surface area (Å²) in [7, 11) is 1.66. The number of halogens is 1. The molecule has 1 heterocycles. The first kappa shape index (κ1) is 8.38. The summed E-state index contributed by atoms with van der Waals surface area (Å²) in [5.74, 6) is -0.387. The first-order chi connectivity index (χ1) is 6.09. The Hall–Kier alpha value is -1.22. The number of hydrogen-bond acceptors (Lipinski definition) is 2. The molecule has 0 aliphatic rings. The van der Waals surface area contributed by atoms with Crippen molar-refractivity contribution < 1.29 is 4.42 Å². The van der Waals surface area contributed by atoms with Crippen molar-refractivity contribution in [2.45, 2.75) is 6.92 Å². The third-order valence-electron chi connectivity index (χ3n) is 1.99. The van der Waals surface area contributed by atoms with Gasteiger partial charge in [0.1, 0.15) is 0 Å². The fourth-order valence-corrected chi connectivity index (χ4v) is 1.62. The van der Waals surface area contributed by atoms with Crippen LogP contribution in [0.2, 0.25) is 5.02 Å². The molecule has 0 bridgehead atoms. The quantitative estimate of drug-likeness (QED) is 0.648. The van der Waals surface area contributed by atoms with Crippen LogP contribution in [0.3, 0.4) is 0 Å². The molecule has 2 rings (SSSR count). The van der Waals surface area contributed by atoms with Gasteiger partial charge in [-0.05, 0) is 24.6 Å². The summed E-state index contributed by atoms with van der Waals surface area (Å²) >= 11 is 5.90. The van der Waals surface area contributed by atoms with E-state index in [0.29, 0.717) is 10.6 Å². The van der Waals surface area contributed by atoms with Gasteiger partial charge in [-0.3, -0.25) is 4.57 Å². The van der Waals surface area contributed by atoms with E-state index in [9.17, 15) is 4.79 Å². The summed E-state index contributed by atoms with van der Waals surface area (Å²) in [4.78, 5) is 11.1. The van der Waals surface area contributed by atoms with Gasteiger partial charge in [0.25, 0.3) is 0 Å². The Morgan fingerprint density at radius 1 is 1.46 bits per heavy atom. The lowest BCUT2D eigenvalue weighted by Crippen LogP contribution is -2.08. The van der Waals surface area contributed by atoms with Crippen molar-refractivity contribution in [1.29, 1.82) is 0 Å². The van der Waals surface area contributed by atoms with E-state index < -0.39 is 0 Å². The average Bonchev–Trinajstić information content (AvgIpc) is 2.32. The maximum atomic E-state index is 11.1. The normalized spacial score (nSPS) is 11.0. The van der Waals surface area contributed by atoms with Crippen molar-refractivity contribution >= 4 is 22.7 Å². The first-order valence-corrected chi connectivity index (χ1v) is 4.23. The van der Waals surface area contributed by atoms with Gasteiger partial charge in [0.15, 0.2) is 5.58 Å². The zero-order chi connectivity index (χ0) is 9.59. The fourth-order valence-electron chi connectivity index (χ4n) is 1.31. The van der Waals surface area contributed by atoms with Gasteiger partial charge in [-0.25, -0.2) is 4.79 Å². The van der Waals surface area contributed by atoms with Crippen molar-refractivity contribution in [1.82, 2.24) is 4.57 Å². The molecule has 0 aliphatic carbocycles. The Morgan fingerprint density at radius 2 is 2.15 bits per heavy atom. The second kappa shape index (κ2) is 2.64. The molecule has 0 saturated heterocycles. The molecule has 0 aliphatic heterocycles. The summed E-state index contributed by atoms with van der Waals surface area (Å²) in [6.45, 7) is 1.92. The van der Waals surface area contributed by atoms with Crippen molar-refractivity contribution in [2.24, 2.45) is 7.05 Å². The van der Waals surface area contributed by atoms with Crippen LogP contribution in [0.1, 0.15) is 5.56 Å². The summed E-state index contributed by atoms with van der Waals surface area (Å²) < 4.78 is 6.40. The van der Waals surface area contributed by atoms with Crippen LogP contribution in [-0.4, -0.2) is 4.57 Å². The van der Waals surface area contributed by atoms with Crippen molar-refractivity contribution in [2.75, 3.05) is 0 Å². The maximum Gasteiger partial charge on any atom is 0.419 e. The number of fused-ring (bicyclic) bond motifs is 1. The third kappa shape index (κ3) is 1.16. The third-order valence-corrected chi connectivity index (χ3v) is 2.27. The van der Waals surface area contributed by atoms with E-state index in [1.165, 1.54) is 4.57 Å². The van der Waals surface area contributed by atoms with E-state index in [1.807, 2.05) is 13.0 Å². The Kier molecular flexibility index (Phi) is 1.70. The number of rotatable bonds is 0. The first-order valence-electron chi connectivity index (χ1n) is 3.85. The number of nitrogens with zero attached hydrogens (tertiary/aromatic N) is 1. The van der Waals surface area contributed by atoms with E-state index in [0.717, 1.165) is 11.1 Å². The van der Waals surface area contributed by atoms with E-state index >= 15 is 0 Å². The zero-order valence-electron chi connectivity index (χ0n) is 7.30. The number of hydrogen-bond donors (Lipinski definition) is 0. The molecule has 0 radical (unpaired) electrons. The second-order valence-corrected chi connectivity index (χ2v) is 3.43. The highest BCUT2D eigenvalue weighted by Gasteiger charge is 2.09. The van der Waals surface area contributed by atoms with Crippen molar-refractivity contribution in [3.05, 3.63) is 33.3 Å². The molecule has 68 valence electrons. The Balaban J connectivity index is 3.03. The van der Waals surface area contributed by atoms with Gasteiger partial charge in [-0.2, -0.15) is 0 Å². The van der Waals surface area contributed by atoms with Crippen molar-refractivity contribution in [3.63, 3.8) is 0 Å². The molecule has 1 aromatic heterocycles. The average molecular weight is 198 g/mol. The van der Waals surface area contributed by atoms with Crippen LogP contribution in [0.25, 0.3) is 11.1 Å². The molecule has 0 atom stereocenters. The minimum Gasteiger partial charge on any atom is -0.406 e. The SMILES string of the molecule is Cc1cc(Cl)c2oc(=O)n(C)c2c1. The molecule has 0 amide bonds. The van der Waals surface area contributed by atoms with Crippen LogP contribution in [0.4, 0.5) is 0 Å². The van der Waals surface area contributed by atoms with E-state index in [-0.39, 0.29) is 5.76 Å². The predicted molar refractivity (Wildman–Crippen MR) is 51.2 cm³/mol. The summed E-state index contributed by atoms with van der Waals surface area (Å²) in [5.41, 5.74) is 2.20. The molecular weight excluding hydrogens is 190 g/mol. The topological polar surface area (TPSA) is 35.1 Å². The zero-order valence-corrected chi connectivity index (χ0v) is 8.05. The van der Waals surface area contributed by atoms with Crippen LogP contribution in [0.5, 0.6) is 0 Å². The van der Waals surface area contributed by atoms with Gasteiger partial charge in [0, 0.05) is 7.05 Å². The molecule has 2 aromatic rings. The smallest absolute Gasteiger partial charge is 0.406 e. The molecule has 1 aromatic carbocycles. The minimum atomic E-state index is -0.387. The lowest BCUT2D eigenvalue weighted by Gasteiger charge is -1.95. The Morgan fingerprint density at radius 3 is 2.85 bits per heavy atom. The highest BCUT2D eigenvalue weighted by atomic mass is 35.5. The standard InChI is InChI=1S/C9H8ClNO2/c1-5-3-6(10)8-7(4-5)11(2)9(12)13-8/h3-4H,1-2H3. The highest BCUT2D eigenvalue weighted by Crippen LogP contribution is 2.23. The number of oxazole rings is 1. The molecule has 0 unspecified atom stereocenters. The Bertz CT molecular complexity index is 524. The minimum absolute atomic E-state index is 0.387. The summed E-state index contributed by atoms with van der Waals surface area (Å²) in [6, 6.07) is 3.64. The fraction of sp³-hybridized carbons (Fsp3) is 0.222. The predicted octanol–water partition coefficient (Wildman–Crippen LogP) is 2.09. The van der Waals surface area contributed by atoms with Crippen LogP contribution in [0, 0.1) is 6.92 Å². The van der Waals surface area contributed by atoms with Gasteiger partial charge in [0.2, 0.25) is 0 Å². The van der Waals surface area contributed by atoms with Crippen LogP contribution >= 0.6 is 11.6 Å². The van der Waals surface area contributed by atoms with Crippen LogP contribution in [-0.2, 0) is 7.05 Å². The van der Waals surface area contributed by atoms with Gasteiger partial charge < -0.3 is 4.42 Å². The van der Waals surface area contributed by atoms with Gasteiger partial charge in [0.05, 0.1) is 10.5 Å². The molecule has 0 fully saturated rings. The van der Waals surface area contributed by atoms with Gasteiger partial charge in [-0.1, -0.05) is 11.6 Å². The molecule has 13 heavy (non-hydrogen) atoms. The lowest BCUT2D eigenvalue weighted by atomic mass is 10.2.